The zero-order valence-corrected chi connectivity index (χ0v) is 10.1. The van der Waals surface area contributed by atoms with Gasteiger partial charge in [0, 0.05) is 26.0 Å². The van der Waals surface area contributed by atoms with Gasteiger partial charge in [-0.1, -0.05) is 13.8 Å². The van der Waals surface area contributed by atoms with Gasteiger partial charge in [-0.05, 0) is 6.92 Å². The molecule has 1 unspecified atom stereocenters. The van der Waals surface area contributed by atoms with Crippen molar-refractivity contribution in [2.24, 2.45) is 0 Å². The topological polar surface area (TPSA) is 53.1 Å². The van der Waals surface area contributed by atoms with Crippen LogP contribution in [-0.4, -0.2) is 23.3 Å². The molecule has 2 N–H and O–H groups in total. The summed E-state index contributed by atoms with van der Waals surface area (Å²) in [6.07, 6.45) is 0.914. The Morgan fingerprint density at radius 3 is 2.53 bits per heavy atom. The molecule has 0 aliphatic heterocycles. The highest BCUT2D eigenvalue weighted by Crippen LogP contribution is 2.23. The number of hydrogen-bond acceptors (Lipinski definition) is 3. The lowest BCUT2D eigenvalue weighted by molar-refractivity contribution is 0.183. The van der Waals surface area contributed by atoms with E-state index in [0.29, 0.717) is 6.61 Å². The summed E-state index contributed by atoms with van der Waals surface area (Å²) < 4.78 is 7.20. The Morgan fingerprint density at radius 1 is 1.47 bits per heavy atom. The van der Waals surface area contributed by atoms with E-state index in [4.69, 9.17) is 10.5 Å². The molecule has 1 aromatic heterocycles. The molecule has 0 bridgehead atoms. The van der Waals surface area contributed by atoms with Crippen LogP contribution in [0.4, 0.5) is 5.82 Å². The van der Waals surface area contributed by atoms with E-state index in [0.717, 1.165) is 30.3 Å². The van der Waals surface area contributed by atoms with E-state index in [9.17, 15) is 0 Å². The van der Waals surface area contributed by atoms with Gasteiger partial charge < -0.3 is 15.0 Å². The molecule has 0 radical (unpaired) electrons. The molecule has 1 rings (SSSR count). The van der Waals surface area contributed by atoms with Crippen molar-refractivity contribution >= 4 is 5.82 Å². The number of hydrogen-bond donors (Lipinski definition) is 1. The van der Waals surface area contributed by atoms with Gasteiger partial charge >= 0.3 is 0 Å². The van der Waals surface area contributed by atoms with Gasteiger partial charge in [0.15, 0.2) is 0 Å². The van der Waals surface area contributed by atoms with Gasteiger partial charge in [-0.3, -0.25) is 0 Å². The summed E-state index contributed by atoms with van der Waals surface area (Å²) in [5.74, 6) is 2.11. The Hall–Kier alpha value is -1.03. The number of nitrogens with two attached hydrogens (primary N) is 1. The van der Waals surface area contributed by atoms with Gasteiger partial charge in [0.05, 0.1) is 12.3 Å². The minimum Gasteiger partial charge on any atom is -0.384 e. The fourth-order valence-corrected chi connectivity index (χ4v) is 1.85. The Balaban J connectivity index is 3.03. The number of aryl methyl sites for hydroxylation is 1. The lowest BCUT2D eigenvalue weighted by atomic mass is 10.1. The lowest BCUT2D eigenvalue weighted by Crippen LogP contribution is -2.07. The normalized spacial score (nSPS) is 13.1. The molecule has 0 amide bonds. The first kappa shape index (κ1) is 12.0. The highest BCUT2D eigenvalue weighted by Gasteiger charge is 2.17. The lowest BCUT2D eigenvalue weighted by Gasteiger charge is -2.09. The molecule has 0 aliphatic rings. The Bertz CT molecular complexity index is 320. The predicted octanol–water partition coefficient (Wildman–Crippen LogP) is 1.80. The van der Waals surface area contributed by atoms with E-state index in [-0.39, 0.29) is 5.92 Å². The summed E-state index contributed by atoms with van der Waals surface area (Å²) >= 11 is 0. The quantitative estimate of drug-likeness (QED) is 0.808. The smallest absolute Gasteiger partial charge is 0.127 e. The van der Waals surface area contributed by atoms with Gasteiger partial charge in [-0.15, -0.1) is 0 Å². The maximum Gasteiger partial charge on any atom is 0.127 e. The van der Waals surface area contributed by atoms with E-state index in [1.165, 1.54) is 0 Å². The fraction of sp³-hybridized carbons (Fsp3) is 0.727. The van der Waals surface area contributed by atoms with Crippen LogP contribution in [0.1, 0.15) is 38.2 Å². The third-order valence-electron chi connectivity index (χ3n) is 2.63. The zero-order valence-electron chi connectivity index (χ0n) is 10.1. The number of ether oxygens (including phenoxy) is 1. The summed E-state index contributed by atoms with van der Waals surface area (Å²) in [6.45, 7) is 7.80. The summed E-state index contributed by atoms with van der Waals surface area (Å²) in [5, 5.41) is 0. The first-order valence-electron chi connectivity index (χ1n) is 5.49. The van der Waals surface area contributed by atoms with Crippen molar-refractivity contribution in [2.75, 3.05) is 19.5 Å². The number of nitrogens with zero attached hydrogens (tertiary/aromatic N) is 2. The molecule has 86 valence electrons. The second-order valence-electron chi connectivity index (χ2n) is 3.75. The van der Waals surface area contributed by atoms with E-state index in [1.54, 1.807) is 7.11 Å². The van der Waals surface area contributed by atoms with Crippen molar-refractivity contribution in [2.45, 2.75) is 39.7 Å². The average Bonchev–Trinajstić information content (AvgIpc) is 2.55. The molecule has 4 nitrogen and oxygen atoms in total. The predicted molar refractivity (Wildman–Crippen MR) is 62.0 cm³/mol. The number of aromatic nitrogens is 2. The number of methoxy groups -OCH3 is 1. The van der Waals surface area contributed by atoms with E-state index in [2.05, 4.69) is 30.3 Å². The first-order valence-corrected chi connectivity index (χ1v) is 5.49. The van der Waals surface area contributed by atoms with Gasteiger partial charge in [-0.25, -0.2) is 4.98 Å². The standard InChI is InChI=1S/C11H21N3O/c1-5-9-13-10(8(3)7-15-4)11(12)14(9)6-2/h8H,5-7,12H2,1-4H3. The van der Waals surface area contributed by atoms with Gasteiger partial charge in [0.25, 0.3) is 0 Å². The molecule has 4 heteroatoms. The summed E-state index contributed by atoms with van der Waals surface area (Å²) in [5.41, 5.74) is 7.03. The third kappa shape index (κ3) is 2.31. The fourth-order valence-electron chi connectivity index (χ4n) is 1.85. The van der Waals surface area contributed by atoms with Crippen LogP contribution in [0, 0.1) is 0 Å². The molecular weight excluding hydrogens is 190 g/mol. The van der Waals surface area contributed by atoms with Gasteiger partial charge in [0.2, 0.25) is 0 Å². The molecule has 1 atom stereocenters. The van der Waals surface area contributed by atoms with Crippen LogP contribution < -0.4 is 5.73 Å². The van der Waals surface area contributed by atoms with Crippen molar-refractivity contribution in [1.29, 1.82) is 0 Å². The SMILES string of the molecule is CCc1nc(C(C)COC)c(N)n1CC. The molecule has 0 fully saturated rings. The van der Waals surface area contributed by atoms with E-state index < -0.39 is 0 Å². The van der Waals surface area contributed by atoms with Crippen LogP contribution in [0.3, 0.4) is 0 Å². The number of imidazole rings is 1. The van der Waals surface area contributed by atoms with Gasteiger partial charge in [0.1, 0.15) is 11.6 Å². The molecule has 0 saturated carbocycles. The van der Waals surface area contributed by atoms with Crippen LogP contribution in [-0.2, 0) is 17.7 Å². The summed E-state index contributed by atoms with van der Waals surface area (Å²) in [6, 6.07) is 0. The average molecular weight is 211 g/mol. The summed E-state index contributed by atoms with van der Waals surface area (Å²) in [4.78, 5) is 4.58. The van der Waals surface area contributed by atoms with Crippen LogP contribution >= 0.6 is 0 Å². The van der Waals surface area contributed by atoms with Gasteiger partial charge in [-0.2, -0.15) is 0 Å². The second kappa shape index (κ2) is 5.16. The van der Waals surface area contributed by atoms with Crippen LogP contribution in [0.2, 0.25) is 0 Å². The molecule has 15 heavy (non-hydrogen) atoms. The molecule has 0 spiro atoms. The Labute approximate surface area is 91.4 Å². The summed E-state index contributed by atoms with van der Waals surface area (Å²) in [7, 11) is 1.70. The highest BCUT2D eigenvalue weighted by molar-refractivity contribution is 5.40. The van der Waals surface area contributed by atoms with Crippen LogP contribution in [0.25, 0.3) is 0 Å². The zero-order chi connectivity index (χ0) is 11.4. The van der Waals surface area contributed by atoms with Crippen molar-refractivity contribution < 1.29 is 4.74 Å². The van der Waals surface area contributed by atoms with Crippen molar-refractivity contribution in [1.82, 2.24) is 9.55 Å². The van der Waals surface area contributed by atoms with E-state index >= 15 is 0 Å². The maximum atomic E-state index is 6.07. The molecule has 1 heterocycles. The van der Waals surface area contributed by atoms with Crippen molar-refractivity contribution in [3.63, 3.8) is 0 Å². The van der Waals surface area contributed by atoms with Crippen molar-refractivity contribution in [3.8, 4) is 0 Å². The van der Waals surface area contributed by atoms with E-state index in [1.807, 2.05) is 0 Å². The number of anilines is 1. The molecule has 1 aromatic rings. The molecule has 0 aliphatic carbocycles. The minimum atomic E-state index is 0.257. The highest BCUT2D eigenvalue weighted by atomic mass is 16.5. The minimum absolute atomic E-state index is 0.257. The molecule has 0 aromatic carbocycles. The largest absolute Gasteiger partial charge is 0.384 e. The first-order chi connectivity index (χ1) is 7.15. The monoisotopic (exact) mass is 211 g/mol. The number of rotatable bonds is 5. The maximum absolute atomic E-state index is 6.07. The Kier molecular flexibility index (Phi) is 4.15. The van der Waals surface area contributed by atoms with Crippen LogP contribution in [0.15, 0.2) is 0 Å². The second-order valence-corrected chi connectivity index (χ2v) is 3.75. The Morgan fingerprint density at radius 2 is 2.13 bits per heavy atom. The third-order valence-corrected chi connectivity index (χ3v) is 2.63. The molecule has 0 saturated heterocycles. The van der Waals surface area contributed by atoms with Crippen molar-refractivity contribution in [3.05, 3.63) is 11.5 Å². The van der Waals surface area contributed by atoms with Crippen LogP contribution in [0.5, 0.6) is 0 Å². The molecular formula is C11H21N3O. The number of nitrogen functional groups attached to an aromatic ring is 1.